The van der Waals surface area contributed by atoms with E-state index in [4.69, 9.17) is 8.83 Å². The number of rotatable bonds is 0. The fraction of sp³-hybridized carbons (Fsp3) is 0.111. The van der Waals surface area contributed by atoms with Crippen molar-refractivity contribution in [3.8, 4) is 66.8 Å². The molecule has 20 aromatic carbocycles. The summed E-state index contributed by atoms with van der Waals surface area (Å²) in [7, 11) is 0. The molecule has 0 bridgehead atoms. The summed E-state index contributed by atoms with van der Waals surface area (Å²) in [4.78, 5) is 0. The lowest BCUT2D eigenvalue weighted by Crippen LogP contribution is -2.25. The molecule has 128 heavy (non-hydrogen) atoms. The van der Waals surface area contributed by atoms with Crippen LogP contribution in [0.2, 0.25) is 0 Å². The Labute approximate surface area is 748 Å². The minimum Gasteiger partial charge on any atom is -0.456 e. The van der Waals surface area contributed by atoms with Crippen LogP contribution in [0.3, 0.4) is 0 Å². The normalized spacial score (nSPS) is 14.0. The van der Waals surface area contributed by atoms with Crippen LogP contribution in [0.25, 0.3) is 154 Å². The van der Waals surface area contributed by atoms with Gasteiger partial charge in [-0.2, -0.15) is 0 Å². The fourth-order valence-corrected chi connectivity index (χ4v) is 23.3. The number of hydrogen-bond donors (Lipinski definition) is 0. The zero-order chi connectivity index (χ0) is 86.6. The Hall–Kier alpha value is -15.0. The summed E-state index contributed by atoms with van der Waals surface area (Å²) < 4.78 is 11.9. The van der Waals surface area contributed by atoms with Crippen molar-refractivity contribution in [2.24, 2.45) is 0 Å². The highest BCUT2D eigenvalue weighted by atomic mass is 16.3. The van der Waals surface area contributed by atoms with E-state index >= 15 is 0 Å². The van der Waals surface area contributed by atoms with Crippen LogP contribution in [-0.4, -0.2) is 0 Å². The van der Waals surface area contributed by atoms with Gasteiger partial charge in [-0.3, -0.25) is 0 Å². The van der Waals surface area contributed by atoms with Gasteiger partial charge in [-0.25, -0.2) is 0 Å². The number of furan rings is 2. The topological polar surface area (TPSA) is 26.3 Å². The molecule has 22 aromatic rings. The third-order valence-electron chi connectivity index (χ3n) is 29.0. The van der Waals surface area contributed by atoms with Crippen molar-refractivity contribution in [2.45, 2.75) is 90.9 Å². The molecule has 0 aliphatic heterocycles. The number of hydrogen-bond acceptors (Lipinski definition) is 2. The van der Waals surface area contributed by atoms with Crippen molar-refractivity contribution in [1.82, 2.24) is 0 Å². The van der Waals surface area contributed by atoms with E-state index in [-0.39, 0.29) is 21.7 Å². The second-order valence-electron chi connectivity index (χ2n) is 37.0. The smallest absolute Gasteiger partial charge is 0.136 e. The Balaban J connectivity index is 0.0000000885. The minimum atomic E-state index is -0.189. The monoisotopic (exact) mass is 1640 g/mol. The van der Waals surface area contributed by atoms with E-state index in [1.807, 2.05) is 12.1 Å². The standard InChI is InChI=1S/2C26H18.2C20H18.2C17H12O/c1-17-9-8-16-24-25(17)20-12-4-7-15-23(20)26(24)21-13-5-2-10-18(21)19-11-3-6-14-22(19)26;1-17-14-15-21-20-10-4-7-13-24(20)26(25(21)16-17)22-11-5-2-8-18(22)19-9-3-6-12-23(19)26;1-13-12-18-19(15-9-5-4-8-14(13)15)16-10-6-7-11-17(16)20(18,2)3;1-13-8-10-16-18(12-13)20(2,3)17-11-9-14-6-4-5-7-15(14)19(16)17;1-11-10-16-17(13-7-3-2-6-12(11)13)14-8-4-5-9-15(14)18-16;1-11-6-8-14-16(10-11)18-15-9-7-12-4-2-3-5-13(12)17(14)15/h2*2-16H,1H3;2*4-12H,1-3H3;2*2-10H,1H3. The predicted molar refractivity (Wildman–Crippen MR) is 539 cm³/mol. The molecule has 2 heteroatoms. The summed E-state index contributed by atoms with van der Waals surface area (Å²) in [6.45, 7) is 22.4. The minimum absolute atomic E-state index is 0.0979. The van der Waals surface area contributed by atoms with Crippen molar-refractivity contribution in [2.75, 3.05) is 0 Å². The molecule has 2 aromatic heterocycles. The summed E-state index contributed by atoms with van der Waals surface area (Å²) in [5.41, 5.74) is 45.5. The predicted octanol–water partition coefficient (Wildman–Crippen LogP) is 33.7. The first-order valence-electron chi connectivity index (χ1n) is 45.2. The van der Waals surface area contributed by atoms with Crippen LogP contribution >= 0.6 is 0 Å². The van der Waals surface area contributed by atoms with Gasteiger partial charge in [0.25, 0.3) is 0 Å². The Morgan fingerprint density at radius 1 is 0.172 bits per heavy atom. The molecule has 2 heterocycles. The number of aryl methyl sites for hydroxylation is 6. The molecule has 0 atom stereocenters. The molecule has 6 aliphatic rings. The van der Waals surface area contributed by atoms with Gasteiger partial charge in [-0.15, -0.1) is 0 Å². The van der Waals surface area contributed by atoms with Crippen molar-refractivity contribution in [1.29, 1.82) is 0 Å². The van der Waals surface area contributed by atoms with E-state index in [9.17, 15) is 0 Å². The first kappa shape index (κ1) is 77.8. The molecule has 0 amide bonds. The van der Waals surface area contributed by atoms with Crippen LogP contribution in [0.15, 0.2) is 409 Å². The van der Waals surface area contributed by atoms with Crippen LogP contribution in [0.4, 0.5) is 0 Å². The zero-order valence-corrected chi connectivity index (χ0v) is 73.9. The molecule has 2 nitrogen and oxygen atoms in total. The largest absolute Gasteiger partial charge is 0.456 e. The summed E-state index contributed by atoms with van der Waals surface area (Å²) in [6.07, 6.45) is 0. The lowest BCUT2D eigenvalue weighted by atomic mass is 9.70. The van der Waals surface area contributed by atoms with Gasteiger partial charge >= 0.3 is 0 Å². The van der Waals surface area contributed by atoms with Gasteiger partial charge in [0.05, 0.1) is 10.8 Å². The van der Waals surface area contributed by atoms with Crippen molar-refractivity contribution in [3.05, 3.63) is 501 Å². The van der Waals surface area contributed by atoms with Crippen LogP contribution in [-0.2, 0) is 21.7 Å². The molecule has 28 rings (SSSR count). The summed E-state index contributed by atoms with van der Waals surface area (Å²) in [5, 5.41) is 15.4. The van der Waals surface area contributed by atoms with Crippen LogP contribution in [0.5, 0.6) is 0 Å². The maximum absolute atomic E-state index is 5.94. The van der Waals surface area contributed by atoms with E-state index in [0.29, 0.717) is 0 Å². The van der Waals surface area contributed by atoms with Gasteiger partial charge in [0.1, 0.15) is 22.3 Å². The van der Waals surface area contributed by atoms with Crippen LogP contribution < -0.4 is 0 Å². The van der Waals surface area contributed by atoms with Gasteiger partial charge in [-0.05, 0) is 265 Å². The molecular weight excluding hydrogens is 1550 g/mol. The molecule has 612 valence electrons. The highest BCUT2D eigenvalue weighted by Gasteiger charge is 2.53. The van der Waals surface area contributed by atoms with Crippen molar-refractivity contribution < 1.29 is 8.83 Å². The molecule has 0 unspecified atom stereocenters. The maximum atomic E-state index is 5.94. The Morgan fingerprint density at radius 2 is 0.539 bits per heavy atom. The molecule has 6 aliphatic carbocycles. The molecule has 0 saturated heterocycles. The van der Waals surface area contributed by atoms with Gasteiger partial charge in [-0.1, -0.05) is 415 Å². The lowest BCUT2D eigenvalue weighted by Gasteiger charge is -2.30. The lowest BCUT2D eigenvalue weighted by molar-refractivity contribution is 0.660. The number of para-hydroxylation sites is 1. The van der Waals surface area contributed by atoms with E-state index in [2.05, 4.69) is 457 Å². The Kier molecular flexibility index (Phi) is 18.2. The molecule has 2 spiro atoms. The second kappa shape index (κ2) is 29.9. The highest BCUT2D eigenvalue weighted by molar-refractivity contribution is 6.21. The SMILES string of the molecule is Cc1cc2c(c3ccccc13)-c1ccccc1C2(C)C.Cc1cc2oc3ccccc3c2c2ccccc12.Cc1ccc2c(c1)C(C)(C)c1ccc3ccccc3c1-2.Cc1ccc2c(c1)C1(c3ccccc3-c3ccccc31)c1ccccc1-2.Cc1ccc2c(c1)oc1ccc3ccccc3c12.Cc1cccc2c1-c1ccccc1C21c2ccccc2-c2ccccc21. The fourth-order valence-electron chi connectivity index (χ4n) is 23.3. The third kappa shape index (κ3) is 11.6. The first-order chi connectivity index (χ1) is 62.5. The van der Waals surface area contributed by atoms with Crippen molar-refractivity contribution >= 4 is 87.0 Å². The summed E-state index contributed by atoms with van der Waals surface area (Å²) >= 11 is 0. The van der Waals surface area contributed by atoms with Crippen LogP contribution in [0.1, 0.15) is 128 Å². The van der Waals surface area contributed by atoms with E-state index < -0.39 is 0 Å². The molecule has 0 radical (unpaired) electrons. The zero-order valence-electron chi connectivity index (χ0n) is 73.9. The third-order valence-corrected chi connectivity index (χ3v) is 29.0. The number of fused-ring (bicyclic) bond motifs is 40. The number of benzene rings is 20. The Bertz CT molecular complexity index is 8140. The highest BCUT2D eigenvalue weighted by Crippen LogP contribution is 2.65. The molecular formula is C126H96O2. The van der Waals surface area contributed by atoms with E-state index in [1.54, 1.807) is 0 Å². The molecule has 0 saturated carbocycles. The summed E-state index contributed by atoms with van der Waals surface area (Å²) in [5.74, 6) is 0. The van der Waals surface area contributed by atoms with Crippen molar-refractivity contribution in [3.63, 3.8) is 0 Å². The van der Waals surface area contributed by atoms with E-state index in [1.165, 1.54) is 232 Å². The molecule has 0 fully saturated rings. The Morgan fingerprint density at radius 3 is 1.14 bits per heavy atom. The van der Waals surface area contributed by atoms with Gasteiger partial charge in [0.2, 0.25) is 0 Å². The first-order valence-corrected chi connectivity index (χ1v) is 45.2. The quantitative estimate of drug-likeness (QED) is 0.151. The molecule has 0 N–H and O–H groups in total. The average Bonchev–Trinajstić information content (AvgIpc) is 1.51. The second-order valence-corrected chi connectivity index (χ2v) is 37.0. The summed E-state index contributed by atoms with van der Waals surface area (Å²) in [6, 6.07) is 145. The van der Waals surface area contributed by atoms with Gasteiger partial charge in [0, 0.05) is 32.4 Å². The van der Waals surface area contributed by atoms with Gasteiger partial charge in [0.15, 0.2) is 0 Å². The van der Waals surface area contributed by atoms with E-state index in [0.717, 1.165) is 22.3 Å². The van der Waals surface area contributed by atoms with Gasteiger partial charge < -0.3 is 8.83 Å². The maximum Gasteiger partial charge on any atom is 0.136 e. The van der Waals surface area contributed by atoms with Crippen LogP contribution in [0, 0.1) is 41.5 Å². The average molecular weight is 1640 g/mol.